The van der Waals surface area contributed by atoms with Crippen molar-refractivity contribution in [2.24, 2.45) is 4.40 Å². The van der Waals surface area contributed by atoms with Crippen LogP contribution in [0.25, 0.3) is 0 Å². The van der Waals surface area contributed by atoms with E-state index in [2.05, 4.69) is 14.6 Å². The van der Waals surface area contributed by atoms with Crippen molar-refractivity contribution in [2.75, 3.05) is 0 Å². The second-order valence-electron chi connectivity index (χ2n) is 3.63. The molecule has 0 saturated heterocycles. The normalized spacial score (nSPS) is 15.1. The van der Waals surface area contributed by atoms with Gasteiger partial charge in [0.15, 0.2) is 0 Å². The van der Waals surface area contributed by atoms with Gasteiger partial charge in [-0.25, -0.2) is 0 Å². The number of aromatic amines is 1. The molecule has 0 bridgehead atoms. The first-order valence-electron chi connectivity index (χ1n) is 3.95. The van der Waals surface area contributed by atoms with Gasteiger partial charge < -0.3 is 4.55 Å². The molecule has 5 heteroatoms. The molecule has 1 heterocycles. The van der Waals surface area contributed by atoms with Crippen LogP contribution in [0.1, 0.15) is 26.3 Å². The van der Waals surface area contributed by atoms with Crippen LogP contribution in [0.3, 0.4) is 0 Å². The zero-order chi connectivity index (χ0) is 9.90. The SMILES string of the molecule is CC(C)(C)[S+]([O-])/N=C/c1cn[nH]c1. The van der Waals surface area contributed by atoms with Crippen LogP contribution in [-0.4, -0.2) is 25.7 Å². The summed E-state index contributed by atoms with van der Waals surface area (Å²) in [7, 11) is 0. The topological polar surface area (TPSA) is 64.1 Å². The van der Waals surface area contributed by atoms with Gasteiger partial charge in [0.05, 0.1) is 12.4 Å². The number of H-pyrrole nitrogens is 1. The van der Waals surface area contributed by atoms with Gasteiger partial charge in [0.1, 0.15) is 16.1 Å². The van der Waals surface area contributed by atoms with Gasteiger partial charge >= 0.3 is 0 Å². The molecular formula is C8H13N3OS. The smallest absolute Gasteiger partial charge is 0.144 e. The second kappa shape index (κ2) is 3.93. The molecule has 13 heavy (non-hydrogen) atoms. The lowest BCUT2D eigenvalue weighted by molar-refractivity contribution is 0.562. The third-order valence-corrected chi connectivity index (χ3v) is 2.69. The van der Waals surface area contributed by atoms with E-state index in [0.29, 0.717) is 0 Å². The van der Waals surface area contributed by atoms with Crippen molar-refractivity contribution in [1.82, 2.24) is 10.2 Å². The summed E-state index contributed by atoms with van der Waals surface area (Å²) in [5.41, 5.74) is 0.831. The van der Waals surface area contributed by atoms with Gasteiger partial charge in [0.2, 0.25) is 0 Å². The van der Waals surface area contributed by atoms with Crippen molar-refractivity contribution >= 4 is 17.6 Å². The molecule has 4 nitrogen and oxygen atoms in total. The van der Waals surface area contributed by atoms with Crippen molar-refractivity contribution < 1.29 is 4.55 Å². The highest BCUT2D eigenvalue weighted by Gasteiger charge is 2.25. The van der Waals surface area contributed by atoms with E-state index in [4.69, 9.17) is 0 Å². The molecule has 1 N–H and O–H groups in total. The minimum atomic E-state index is -1.19. The van der Waals surface area contributed by atoms with Crippen LogP contribution in [0.5, 0.6) is 0 Å². The summed E-state index contributed by atoms with van der Waals surface area (Å²) in [6, 6.07) is 0. The molecule has 0 radical (unpaired) electrons. The molecule has 0 aliphatic carbocycles. The van der Waals surface area contributed by atoms with E-state index in [1.807, 2.05) is 20.8 Å². The van der Waals surface area contributed by atoms with Crippen molar-refractivity contribution in [2.45, 2.75) is 25.5 Å². The Bertz CT molecular complexity index is 276. The standard InChI is InChI=1S/C8H13N3OS/c1-8(2,3)13(12)11-6-7-4-9-10-5-7/h4-6H,1-3H3,(H,9,10)/b11-6+. The van der Waals surface area contributed by atoms with E-state index < -0.39 is 11.4 Å². The second-order valence-corrected chi connectivity index (χ2v) is 5.56. The van der Waals surface area contributed by atoms with Crippen molar-refractivity contribution in [3.63, 3.8) is 0 Å². The van der Waals surface area contributed by atoms with Crippen molar-refractivity contribution in [1.29, 1.82) is 0 Å². The van der Waals surface area contributed by atoms with Gasteiger partial charge in [0.25, 0.3) is 0 Å². The zero-order valence-corrected chi connectivity index (χ0v) is 8.76. The van der Waals surface area contributed by atoms with Gasteiger partial charge in [-0.15, -0.1) is 0 Å². The molecule has 1 unspecified atom stereocenters. The molecule has 0 amide bonds. The van der Waals surface area contributed by atoms with Gasteiger partial charge in [-0.05, 0) is 20.8 Å². The van der Waals surface area contributed by atoms with Crippen LogP contribution in [0, 0.1) is 0 Å². The summed E-state index contributed by atoms with van der Waals surface area (Å²) in [4.78, 5) is 0. The Morgan fingerprint density at radius 1 is 1.62 bits per heavy atom. The van der Waals surface area contributed by atoms with Crippen LogP contribution >= 0.6 is 0 Å². The minimum absolute atomic E-state index is 0.305. The lowest BCUT2D eigenvalue weighted by Crippen LogP contribution is -2.25. The Balaban J connectivity index is 2.59. The van der Waals surface area contributed by atoms with Gasteiger partial charge in [-0.1, -0.05) is 4.40 Å². The Labute approximate surface area is 80.8 Å². The maximum Gasteiger partial charge on any atom is 0.144 e. The number of hydrogen-bond donors (Lipinski definition) is 1. The predicted octanol–water partition coefficient (Wildman–Crippen LogP) is 1.29. The van der Waals surface area contributed by atoms with Crippen molar-refractivity contribution in [3.05, 3.63) is 18.0 Å². The number of aromatic nitrogens is 2. The Morgan fingerprint density at radius 3 is 2.77 bits per heavy atom. The fraction of sp³-hybridized carbons (Fsp3) is 0.500. The first-order valence-corrected chi connectivity index (χ1v) is 5.05. The zero-order valence-electron chi connectivity index (χ0n) is 7.94. The average Bonchev–Trinajstić information content (AvgIpc) is 2.50. The lowest BCUT2D eigenvalue weighted by atomic mass is 10.3. The maximum absolute atomic E-state index is 11.4. The fourth-order valence-electron chi connectivity index (χ4n) is 0.598. The highest BCUT2D eigenvalue weighted by atomic mass is 32.2. The summed E-state index contributed by atoms with van der Waals surface area (Å²) in [5.74, 6) is 0. The third kappa shape index (κ3) is 3.20. The molecule has 0 spiro atoms. The molecule has 72 valence electrons. The Kier molecular flexibility index (Phi) is 3.11. The van der Waals surface area contributed by atoms with Gasteiger partial charge in [0, 0.05) is 11.8 Å². The summed E-state index contributed by atoms with van der Waals surface area (Å²) >= 11 is -1.19. The van der Waals surface area contributed by atoms with Crippen LogP contribution < -0.4 is 0 Å². The molecule has 1 aromatic rings. The number of nitrogens with zero attached hydrogens (tertiary/aromatic N) is 2. The highest BCUT2D eigenvalue weighted by molar-refractivity contribution is 7.91. The largest absolute Gasteiger partial charge is 0.591 e. The summed E-state index contributed by atoms with van der Waals surface area (Å²) < 4.78 is 15.1. The van der Waals surface area contributed by atoms with Gasteiger partial charge in [-0.3, -0.25) is 5.10 Å². The summed E-state index contributed by atoms with van der Waals surface area (Å²) in [6.07, 6.45) is 4.89. The van der Waals surface area contributed by atoms with Gasteiger partial charge in [-0.2, -0.15) is 5.10 Å². The average molecular weight is 199 g/mol. The van der Waals surface area contributed by atoms with E-state index >= 15 is 0 Å². The predicted molar refractivity (Wildman–Crippen MR) is 54.1 cm³/mol. The van der Waals surface area contributed by atoms with Crippen LogP contribution in [-0.2, 0) is 11.4 Å². The maximum atomic E-state index is 11.4. The molecule has 0 aliphatic rings. The molecule has 0 fully saturated rings. The molecule has 1 rings (SSSR count). The van der Waals surface area contributed by atoms with Crippen LogP contribution in [0.2, 0.25) is 0 Å². The van der Waals surface area contributed by atoms with Crippen LogP contribution in [0.4, 0.5) is 0 Å². The van der Waals surface area contributed by atoms with E-state index in [9.17, 15) is 4.55 Å². The minimum Gasteiger partial charge on any atom is -0.591 e. The van der Waals surface area contributed by atoms with E-state index in [1.54, 1.807) is 18.6 Å². The monoisotopic (exact) mass is 199 g/mol. The van der Waals surface area contributed by atoms with E-state index in [1.165, 1.54) is 0 Å². The quantitative estimate of drug-likeness (QED) is 0.576. The Morgan fingerprint density at radius 2 is 2.31 bits per heavy atom. The van der Waals surface area contributed by atoms with E-state index in [-0.39, 0.29) is 4.75 Å². The summed E-state index contributed by atoms with van der Waals surface area (Å²) in [5, 5.41) is 6.40. The summed E-state index contributed by atoms with van der Waals surface area (Å²) in [6.45, 7) is 5.65. The lowest BCUT2D eigenvalue weighted by Gasteiger charge is -2.17. The third-order valence-electron chi connectivity index (χ3n) is 1.34. The first-order chi connectivity index (χ1) is 6.00. The fourth-order valence-corrected chi connectivity index (χ4v) is 1.13. The Hall–Kier alpha value is -0.810. The molecule has 0 aromatic carbocycles. The van der Waals surface area contributed by atoms with Crippen molar-refractivity contribution in [3.8, 4) is 0 Å². The molecule has 1 aromatic heterocycles. The van der Waals surface area contributed by atoms with E-state index in [0.717, 1.165) is 5.56 Å². The number of hydrogen-bond acceptors (Lipinski definition) is 3. The highest BCUT2D eigenvalue weighted by Crippen LogP contribution is 2.16. The molecule has 0 aliphatic heterocycles. The first kappa shape index (κ1) is 10.3. The molecule has 0 saturated carbocycles. The number of nitrogens with one attached hydrogen (secondary N) is 1. The van der Waals surface area contributed by atoms with Crippen LogP contribution in [0.15, 0.2) is 16.8 Å². The number of rotatable bonds is 2. The molecular weight excluding hydrogens is 186 g/mol. The molecule has 1 atom stereocenters.